The van der Waals surface area contributed by atoms with Crippen LogP contribution in [-0.4, -0.2) is 14.7 Å². The number of alkyl halides is 17. The zero-order valence-electron chi connectivity index (χ0n) is 11.9. The number of halogens is 17. The van der Waals surface area contributed by atoms with E-state index in [2.05, 4.69) is 384 Å². The molecular formula is C10HI17O. The van der Waals surface area contributed by atoms with Crippen LogP contribution in [0, 0.1) is 10.8 Å². The zero-order chi connectivity index (χ0) is 23.0. The molecule has 1 N–H and O–H groups in total. The first-order chi connectivity index (χ1) is 11.8. The molecule has 2 bridgehead atoms. The van der Waals surface area contributed by atoms with Gasteiger partial charge in [0.25, 0.3) is 0 Å². The molecule has 0 spiro atoms. The summed E-state index contributed by atoms with van der Waals surface area (Å²) in [7, 11) is 0. The van der Waals surface area contributed by atoms with E-state index in [0.29, 0.717) is 0 Å². The molecule has 3 unspecified atom stereocenters. The topological polar surface area (TPSA) is 20.2 Å². The fourth-order valence-corrected chi connectivity index (χ4v) is 43.7. The summed E-state index contributed by atoms with van der Waals surface area (Å²) in [5, 5.41) is 12.7. The lowest BCUT2D eigenvalue weighted by Crippen LogP contribution is -2.72. The summed E-state index contributed by atoms with van der Waals surface area (Å²) < 4.78 is -2.50. The predicted molar refractivity (Wildman–Crippen MR) is 267 cm³/mol. The van der Waals surface area contributed by atoms with Crippen molar-refractivity contribution in [2.24, 2.45) is 10.8 Å². The van der Waals surface area contributed by atoms with Gasteiger partial charge in [0.2, 0.25) is 0 Å². The minimum atomic E-state index is -0.953. The van der Waals surface area contributed by atoms with Gasteiger partial charge in [0, 0.05) is 0 Å². The summed E-state index contributed by atoms with van der Waals surface area (Å²) in [5.74, 6) is 0. The molecule has 18 heteroatoms. The summed E-state index contributed by atoms with van der Waals surface area (Å²) in [5.41, 5.74) is -0.723. The van der Waals surface area contributed by atoms with E-state index in [0.717, 1.165) is 0 Å². The van der Waals surface area contributed by atoms with E-state index < -0.39 is 10.5 Å². The number of fused-ring (bicyclic) bond motifs is 2. The lowest BCUT2D eigenvalue weighted by Gasteiger charge is -2.62. The third-order valence-corrected chi connectivity index (χ3v) is 36.3. The Labute approximate surface area is 396 Å². The highest BCUT2D eigenvalue weighted by molar-refractivity contribution is 14.3. The second-order valence-electron chi connectivity index (χ2n) is 6.00. The fourth-order valence-electron chi connectivity index (χ4n) is 4.09. The van der Waals surface area contributed by atoms with Gasteiger partial charge in [-0.3, -0.25) is 0 Å². The van der Waals surface area contributed by atoms with Crippen LogP contribution in [0.15, 0.2) is 0 Å². The molecule has 0 amide bonds. The van der Waals surface area contributed by atoms with Crippen molar-refractivity contribution in [3.05, 3.63) is 0 Å². The quantitative estimate of drug-likeness (QED) is 0.221. The number of hydrogen-bond acceptors (Lipinski definition) is 1. The smallest absolute Gasteiger partial charge is 0.151 e. The van der Waals surface area contributed by atoms with Crippen LogP contribution >= 0.6 is 384 Å². The summed E-state index contributed by atoms with van der Waals surface area (Å²) >= 11 is 45.1. The van der Waals surface area contributed by atoms with Gasteiger partial charge in [-0.25, -0.2) is 0 Å². The molecule has 0 aliphatic heterocycles. The van der Waals surface area contributed by atoms with Crippen molar-refractivity contribution in [3.63, 3.8) is 0 Å². The van der Waals surface area contributed by atoms with Gasteiger partial charge in [0.05, 0.1) is 14.3 Å². The van der Waals surface area contributed by atoms with Crippen LogP contribution in [0.1, 0.15) is 0 Å². The molecule has 0 aromatic rings. The van der Waals surface area contributed by atoms with Gasteiger partial charge in [-0.2, -0.15) is 0 Å². The molecule has 2 fully saturated rings. The molecule has 3 atom stereocenters. The van der Waals surface area contributed by atoms with E-state index >= 15 is 0 Å². The molecule has 28 heavy (non-hydrogen) atoms. The Hall–Kier alpha value is 12.4. The lowest BCUT2D eigenvalue weighted by atomic mass is 9.69. The first-order valence-electron chi connectivity index (χ1n) is 6.19. The van der Waals surface area contributed by atoms with Gasteiger partial charge in [0.15, 0.2) is 3.61 Å². The van der Waals surface area contributed by atoms with Crippen molar-refractivity contribution in [3.8, 4) is 0 Å². The Morgan fingerprint density at radius 1 is 0.464 bits per heavy atom. The van der Waals surface area contributed by atoms with E-state index in [-0.39, 0.29) is 10.00 Å². The van der Waals surface area contributed by atoms with Crippen molar-refractivity contribution in [1.29, 1.82) is 0 Å². The summed E-state index contributed by atoms with van der Waals surface area (Å²) in [6, 6.07) is 0. The van der Waals surface area contributed by atoms with Crippen LogP contribution in [0.4, 0.5) is 0 Å². The lowest BCUT2D eigenvalue weighted by molar-refractivity contribution is 0.00664. The molecule has 0 aromatic carbocycles. The Bertz CT molecular complexity index is 629. The molecule has 1 nitrogen and oxygen atoms in total. The SMILES string of the molecule is OC1(I)C(I)(I)C2(I)C(I)(I)C(I)(I)C1(C(I)(I)I)C2(C(I)(I)I)C(I)(I)I. The Morgan fingerprint density at radius 3 is 1.00 bits per heavy atom. The molecule has 166 valence electrons. The zero-order valence-corrected chi connectivity index (χ0v) is 48.6. The maximum absolute atomic E-state index is 12.7. The monoisotopic (exact) mass is 2290 g/mol. The maximum atomic E-state index is 12.7. The van der Waals surface area contributed by atoms with Gasteiger partial charge in [0.1, 0.15) is 2.59 Å². The number of hydrogen-bond donors (Lipinski definition) is 1. The number of aliphatic hydroxyl groups is 1. The van der Waals surface area contributed by atoms with Gasteiger partial charge < -0.3 is 5.11 Å². The first-order valence-corrected chi connectivity index (χ1v) is 24.5. The van der Waals surface area contributed by atoms with Crippen molar-refractivity contribution >= 4 is 384 Å². The highest BCUT2D eigenvalue weighted by atomic mass is 127. The predicted octanol–water partition coefficient (Wildman–Crippen LogP) is 12.9. The van der Waals surface area contributed by atoms with Crippen LogP contribution in [0.5, 0.6) is 0 Å². The molecule has 2 rings (SSSR count). The highest BCUT2D eigenvalue weighted by Gasteiger charge is 3.07. The highest BCUT2D eigenvalue weighted by Crippen LogP contribution is 3.02. The summed E-state index contributed by atoms with van der Waals surface area (Å²) in [6.45, 7) is 0. The Balaban J connectivity index is 3.46. The molecular weight excluding hydrogens is 2290 g/mol. The molecule has 0 aromatic heterocycles. The van der Waals surface area contributed by atoms with E-state index in [9.17, 15) is 5.11 Å². The summed E-state index contributed by atoms with van der Waals surface area (Å²) in [6.07, 6.45) is 0. The largest absolute Gasteiger partial charge is 0.377 e. The van der Waals surface area contributed by atoms with Crippen LogP contribution in [0.25, 0.3) is 0 Å². The third kappa shape index (κ3) is 4.32. The maximum Gasteiger partial charge on any atom is 0.151 e. The average Bonchev–Trinajstić information content (AvgIpc) is 2.55. The fraction of sp³-hybridized carbons (Fsp3) is 1.00. The third-order valence-electron chi connectivity index (χ3n) is 5.00. The van der Waals surface area contributed by atoms with E-state index in [1.54, 1.807) is 0 Å². The van der Waals surface area contributed by atoms with E-state index in [1.165, 1.54) is 0 Å². The van der Waals surface area contributed by atoms with Crippen molar-refractivity contribution < 1.29 is 5.11 Å². The van der Waals surface area contributed by atoms with Crippen molar-refractivity contribution in [2.45, 2.75) is 9.62 Å². The second kappa shape index (κ2) is 11.1. The number of rotatable bonds is 3. The van der Waals surface area contributed by atoms with Gasteiger partial charge >= 0.3 is 0 Å². The van der Waals surface area contributed by atoms with Crippen LogP contribution in [0.3, 0.4) is 0 Å². The van der Waals surface area contributed by atoms with Gasteiger partial charge in [-0.05, 0) is 22.6 Å². The van der Waals surface area contributed by atoms with Crippen LogP contribution in [0.2, 0.25) is 0 Å². The van der Waals surface area contributed by atoms with Crippen LogP contribution < -0.4 is 0 Å². The van der Waals surface area contributed by atoms with Gasteiger partial charge in [-0.1, -0.05) is 361 Å². The molecule has 0 heterocycles. The minimum Gasteiger partial charge on any atom is -0.377 e. The second-order valence-corrected chi connectivity index (χ2v) is 58.2. The standard InChI is InChI=1S/C10HI17O/c11-3-1(8(19,20)21,9(22,23)24)2(10(25,26)27,4(12,13)5(3,14)15)7(18,28)6(3,16)17/h28H. The van der Waals surface area contributed by atoms with E-state index in [1.807, 2.05) is 0 Å². The molecule has 0 saturated heterocycles. The first kappa shape index (κ1) is 36.6. The summed E-state index contributed by atoms with van der Waals surface area (Å²) in [4.78, 5) is 0. The van der Waals surface area contributed by atoms with E-state index in [4.69, 9.17) is 0 Å². The minimum absolute atomic E-state index is 0.122. The Morgan fingerprint density at radius 2 is 0.786 bits per heavy atom. The van der Waals surface area contributed by atoms with Crippen LogP contribution in [-0.2, 0) is 0 Å². The molecule has 2 saturated carbocycles. The average molecular weight is 2290 g/mol. The molecule has 0 radical (unpaired) electrons. The molecule has 2 aliphatic rings. The Kier molecular flexibility index (Phi) is 14.5. The normalized spacial score (nSPS) is 41.4. The van der Waals surface area contributed by atoms with Gasteiger partial charge in [-0.15, -0.1) is 0 Å². The molecule has 2 aliphatic carbocycles. The van der Waals surface area contributed by atoms with Crippen molar-refractivity contribution in [2.75, 3.05) is 0 Å². The van der Waals surface area contributed by atoms with Crippen molar-refractivity contribution in [1.82, 2.24) is 0 Å².